The molecule has 0 saturated heterocycles. The van der Waals surface area contributed by atoms with E-state index >= 15 is 0 Å². The highest BCUT2D eigenvalue weighted by Gasteiger charge is 2.05. The summed E-state index contributed by atoms with van der Waals surface area (Å²) in [5.41, 5.74) is 1.88. The van der Waals surface area contributed by atoms with Gasteiger partial charge >= 0.3 is 0 Å². The maximum atomic E-state index is 11.8. The van der Waals surface area contributed by atoms with Crippen molar-refractivity contribution in [2.45, 2.75) is 11.8 Å². The van der Waals surface area contributed by atoms with Gasteiger partial charge in [0.15, 0.2) is 0 Å². The third-order valence-corrected chi connectivity index (χ3v) is 3.60. The average Bonchev–Trinajstić information content (AvgIpc) is 2.39. The third kappa shape index (κ3) is 4.03. The van der Waals surface area contributed by atoms with Gasteiger partial charge in [-0.15, -0.1) is 11.8 Å². The number of hydrogen-bond acceptors (Lipinski definition) is 3. The second-order valence-corrected chi connectivity index (χ2v) is 5.20. The van der Waals surface area contributed by atoms with Gasteiger partial charge in [0.2, 0.25) is 5.91 Å². The molecule has 0 radical (unpaired) electrons. The minimum absolute atomic E-state index is 0.0531. The fourth-order valence-electron chi connectivity index (χ4n) is 1.62. The van der Waals surface area contributed by atoms with Crippen LogP contribution in [0.2, 0.25) is 0 Å². The quantitative estimate of drug-likeness (QED) is 0.839. The Balaban J connectivity index is 1.90. The number of rotatable bonds is 4. The number of para-hydroxylation sites is 1. The van der Waals surface area contributed by atoms with Crippen LogP contribution in [0.3, 0.4) is 0 Å². The number of benzene rings is 2. The molecule has 0 aliphatic heterocycles. The van der Waals surface area contributed by atoms with Crippen LogP contribution in [-0.4, -0.2) is 16.8 Å². The predicted molar refractivity (Wildman–Crippen MR) is 78.6 cm³/mol. The number of carbonyl (C=O) groups is 1. The maximum absolute atomic E-state index is 11.8. The van der Waals surface area contributed by atoms with E-state index in [0.717, 1.165) is 16.1 Å². The predicted octanol–water partition coefficient (Wildman–Crippen LogP) is 3.43. The lowest BCUT2D eigenvalue weighted by molar-refractivity contribution is -0.113. The van der Waals surface area contributed by atoms with Crippen molar-refractivity contribution < 1.29 is 9.90 Å². The highest BCUT2D eigenvalue weighted by molar-refractivity contribution is 8.00. The van der Waals surface area contributed by atoms with Gasteiger partial charge in [-0.05, 0) is 36.8 Å². The number of aryl methyl sites for hydroxylation is 1. The van der Waals surface area contributed by atoms with Crippen LogP contribution in [0.4, 0.5) is 5.69 Å². The third-order valence-electron chi connectivity index (χ3n) is 2.61. The Morgan fingerprint density at radius 2 is 2.00 bits per heavy atom. The molecular formula is C15H15NO2S. The number of phenols is 1. The van der Waals surface area contributed by atoms with Crippen molar-refractivity contribution in [1.82, 2.24) is 0 Å². The fraction of sp³-hybridized carbons (Fsp3) is 0.133. The van der Waals surface area contributed by atoms with E-state index in [0.29, 0.717) is 5.75 Å². The number of thioether (sulfide) groups is 1. The first-order valence-corrected chi connectivity index (χ1v) is 6.91. The van der Waals surface area contributed by atoms with E-state index < -0.39 is 0 Å². The lowest BCUT2D eigenvalue weighted by atomic mass is 10.2. The van der Waals surface area contributed by atoms with Gasteiger partial charge in [-0.25, -0.2) is 0 Å². The molecule has 0 heterocycles. The lowest BCUT2D eigenvalue weighted by Crippen LogP contribution is -2.14. The van der Waals surface area contributed by atoms with Gasteiger partial charge in [0, 0.05) is 10.6 Å². The van der Waals surface area contributed by atoms with E-state index in [4.69, 9.17) is 0 Å². The Kier molecular flexibility index (Phi) is 4.47. The smallest absolute Gasteiger partial charge is 0.234 e. The number of anilines is 1. The van der Waals surface area contributed by atoms with Crippen molar-refractivity contribution in [3.63, 3.8) is 0 Å². The fourth-order valence-corrected chi connectivity index (χ4v) is 2.37. The summed E-state index contributed by atoms with van der Waals surface area (Å²) in [5.74, 6) is 0.476. The summed E-state index contributed by atoms with van der Waals surface area (Å²) in [6.07, 6.45) is 0. The summed E-state index contributed by atoms with van der Waals surface area (Å²) >= 11 is 1.40. The maximum Gasteiger partial charge on any atom is 0.234 e. The van der Waals surface area contributed by atoms with Crippen LogP contribution < -0.4 is 5.32 Å². The van der Waals surface area contributed by atoms with Crippen LogP contribution in [0, 0.1) is 6.92 Å². The van der Waals surface area contributed by atoms with Gasteiger partial charge in [-0.1, -0.05) is 24.3 Å². The molecule has 2 N–H and O–H groups in total. The topological polar surface area (TPSA) is 49.3 Å². The Morgan fingerprint density at radius 1 is 1.21 bits per heavy atom. The van der Waals surface area contributed by atoms with Crippen LogP contribution in [-0.2, 0) is 4.79 Å². The van der Waals surface area contributed by atoms with Crippen molar-refractivity contribution in [1.29, 1.82) is 0 Å². The van der Waals surface area contributed by atoms with Crippen LogP contribution >= 0.6 is 11.8 Å². The van der Waals surface area contributed by atoms with E-state index in [1.807, 2.05) is 37.3 Å². The van der Waals surface area contributed by atoms with E-state index in [1.165, 1.54) is 11.8 Å². The van der Waals surface area contributed by atoms with Crippen LogP contribution in [0.5, 0.6) is 5.75 Å². The second-order valence-electron chi connectivity index (χ2n) is 4.15. The SMILES string of the molecule is Cc1ccccc1NC(=O)CSc1cccc(O)c1. The van der Waals surface area contributed by atoms with E-state index in [9.17, 15) is 9.90 Å². The Morgan fingerprint density at radius 3 is 2.74 bits per heavy atom. The minimum atomic E-state index is -0.0531. The number of nitrogens with one attached hydrogen (secondary N) is 1. The lowest BCUT2D eigenvalue weighted by Gasteiger charge is -2.07. The number of aromatic hydroxyl groups is 1. The summed E-state index contributed by atoms with van der Waals surface area (Å²) in [6.45, 7) is 1.96. The van der Waals surface area contributed by atoms with E-state index in [1.54, 1.807) is 18.2 Å². The van der Waals surface area contributed by atoms with Gasteiger partial charge in [0.1, 0.15) is 5.75 Å². The average molecular weight is 273 g/mol. The molecule has 0 bridgehead atoms. The summed E-state index contributed by atoms with van der Waals surface area (Å²) < 4.78 is 0. The standard InChI is InChI=1S/C15H15NO2S/c1-11-5-2-3-8-14(11)16-15(18)10-19-13-7-4-6-12(17)9-13/h2-9,17H,10H2,1H3,(H,16,18). The summed E-state index contributed by atoms with van der Waals surface area (Å²) in [4.78, 5) is 12.7. The van der Waals surface area contributed by atoms with E-state index in [-0.39, 0.29) is 11.7 Å². The molecule has 0 spiro atoms. The molecule has 19 heavy (non-hydrogen) atoms. The monoisotopic (exact) mass is 273 g/mol. The first kappa shape index (κ1) is 13.5. The molecule has 2 aromatic rings. The summed E-state index contributed by atoms with van der Waals surface area (Å²) in [5, 5.41) is 12.2. The molecule has 0 saturated carbocycles. The number of hydrogen-bond donors (Lipinski definition) is 2. The molecule has 2 rings (SSSR count). The first-order valence-electron chi connectivity index (χ1n) is 5.92. The first-order chi connectivity index (χ1) is 9.15. The normalized spacial score (nSPS) is 10.2. The second kappa shape index (κ2) is 6.29. The molecule has 0 aliphatic rings. The van der Waals surface area contributed by atoms with Gasteiger partial charge in [0.05, 0.1) is 5.75 Å². The Hall–Kier alpha value is -1.94. The van der Waals surface area contributed by atoms with Gasteiger partial charge in [0.25, 0.3) is 0 Å². The largest absolute Gasteiger partial charge is 0.508 e. The molecule has 98 valence electrons. The zero-order chi connectivity index (χ0) is 13.7. The van der Waals surface area contributed by atoms with Gasteiger partial charge < -0.3 is 10.4 Å². The van der Waals surface area contributed by atoms with Gasteiger partial charge in [-0.2, -0.15) is 0 Å². The molecule has 1 amide bonds. The molecular weight excluding hydrogens is 258 g/mol. The van der Waals surface area contributed by atoms with Crippen molar-refractivity contribution >= 4 is 23.4 Å². The Bertz CT molecular complexity index is 584. The van der Waals surface area contributed by atoms with Crippen LogP contribution in [0.25, 0.3) is 0 Å². The zero-order valence-electron chi connectivity index (χ0n) is 10.6. The highest BCUT2D eigenvalue weighted by Crippen LogP contribution is 2.22. The van der Waals surface area contributed by atoms with Crippen LogP contribution in [0.15, 0.2) is 53.4 Å². The minimum Gasteiger partial charge on any atom is -0.508 e. The number of amides is 1. The van der Waals surface area contributed by atoms with Crippen molar-refractivity contribution in [2.75, 3.05) is 11.1 Å². The van der Waals surface area contributed by atoms with Crippen LogP contribution in [0.1, 0.15) is 5.56 Å². The summed E-state index contributed by atoms with van der Waals surface area (Å²) in [7, 11) is 0. The molecule has 4 heteroatoms. The molecule has 0 aromatic heterocycles. The molecule has 0 atom stereocenters. The van der Waals surface area contributed by atoms with Crippen molar-refractivity contribution in [3.05, 3.63) is 54.1 Å². The Labute approximate surface area is 116 Å². The zero-order valence-corrected chi connectivity index (χ0v) is 11.4. The van der Waals surface area contributed by atoms with Crippen molar-refractivity contribution in [2.24, 2.45) is 0 Å². The molecule has 0 unspecified atom stereocenters. The highest BCUT2D eigenvalue weighted by atomic mass is 32.2. The van der Waals surface area contributed by atoms with Gasteiger partial charge in [-0.3, -0.25) is 4.79 Å². The van der Waals surface area contributed by atoms with Crippen molar-refractivity contribution in [3.8, 4) is 5.75 Å². The number of carbonyl (C=O) groups excluding carboxylic acids is 1. The molecule has 0 fully saturated rings. The number of phenolic OH excluding ortho intramolecular Hbond substituents is 1. The molecule has 2 aromatic carbocycles. The molecule has 3 nitrogen and oxygen atoms in total. The van der Waals surface area contributed by atoms with E-state index in [2.05, 4.69) is 5.32 Å². The molecule has 0 aliphatic carbocycles. The summed E-state index contributed by atoms with van der Waals surface area (Å²) in [6, 6.07) is 14.5.